The summed E-state index contributed by atoms with van der Waals surface area (Å²) in [6.45, 7) is 1.96. The van der Waals surface area contributed by atoms with Gasteiger partial charge in [0.05, 0.1) is 6.10 Å². The van der Waals surface area contributed by atoms with Crippen LogP contribution in [0.15, 0.2) is 30.3 Å². The lowest BCUT2D eigenvalue weighted by Crippen LogP contribution is -2.36. The van der Waals surface area contributed by atoms with Gasteiger partial charge in [0.1, 0.15) is 0 Å². The van der Waals surface area contributed by atoms with Gasteiger partial charge in [-0.1, -0.05) is 49.6 Å². The second-order valence-electron chi connectivity index (χ2n) is 5.58. The van der Waals surface area contributed by atoms with E-state index in [-0.39, 0.29) is 6.03 Å². The Labute approximate surface area is 127 Å². The summed E-state index contributed by atoms with van der Waals surface area (Å²) in [6.07, 6.45) is 7.66. The molecular formula is C17H26N2O2. The van der Waals surface area contributed by atoms with Crippen LogP contribution in [0, 0.1) is 0 Å². The van der Waals surface area contributed by atoms with Crippen molar-refractivity contribution in [2.24, 2.45) is 0 Å². The second kappa shape index (κ2) is 9.40. The van der Waals surface area contributed by atoms with Crippen molar-refractivity contribution < 1.29 is 9.53 Å². The van der Waals surface area contributed by atoms with Crippen LogP contribution < -0.4 is 10.6 Å². The molecule has 2 amide bonds. The molecule has 0 bridgehead atoms. The standard InChI is InChI=1S/C17H26N2O2/c20-17(19-14-15-8-3-1-4-9-15)18-12-7-13-21-16-10-5-2-6-11-16/h1,3-4,8-9,16H,2,5-7,10-14H2,(H2,18,19,20). The molecule has 1 aliphatic rings. The molecule has 0 saturated heterocycles. The highest BCUT2D eigenvalue weighted by molar-refractivity contribution is 5.73. The monoisotopic (exact) mass is 290 g/mol. The molecule has 1 fully saturated rings. The van der Waals surface area contributed by atoms with Crippen LogP contribution in [0.3, 0.4) is 0 Å². The van der Waals surface area contributed by atoms with Crippen LogP contribution in [0.1, 0.15) is 44.1 Å². The first kappa shape index (κ1) is 15.8. The molecule has 1 aliphatic carbocycles. The maximum Gasteiger partial charge on any atom is 0.315 e. The van der Waals surface area contributed by atoms with Crippen molar-refractivity contribution in [1.29, 1.82) is 0 Å². The molecule has 0 spiro atoms. The van der Waals surface area contributed by atoms with E-state index in [4.69, 9.17) is 4.74 Å². The molecular weight excluding hydrogens is 264 g/mol. The van der Waals surface area contributed by atoms with Crippen molar-refractivity contribution in [2.75, 3.05) is 13.2 Å². The molecule has 2 N–H and O–H groups in total. The number of ether oxygens (including phenoxy) is 1. The predicted octanol–water partition coefficient (Wildman–Crippen LogP) is 3.23. The van der Waals surface area contributed by atoms with Crippen molar-refractivity contribution in [3.63, 3.8) is 0 Å². The number of rotatable bonds is 7. The molecule has 0 atom stereocenters. The van der Waals surface area contributed by atoms with Crippen LogP contribution in [0.2, 0.25) is 0 Å². The first-order valence-corrected chi connectivity index (χ1v) is 8.02. The van der Waals surface area contributed by atoms with Crippen molar-refractivity contribution in [1.82, 2.24) is 10.6 Å². The van der Waals surface area contributed by atoms with Crippen molar-refractivity contribution in [3.8, 4) is 0 Å². The van der Waals surface area contributed by atoms with Crippen LogP contribution in [0.25, 0.3) is 0 Å². The predicted molar refractivity (Wildman–Crippen MR) is 84.1 cm³/mol. The number of hydrogen-bond acceptors (Lipinski definition) is 2. The van der Waals surface area contributed by atoms with E-state index in [0.717, 1.165) is 18.6 Å². The van der Waals surface area contributed by atoms with E-state index >= 15 is 0 Å². The van der Waals surface area contributed by atoms with Crippen LogP contribution in [-0.4, -0.2) is 25.3 Å². The lowest BCUT2D eigenvalue weighted by atomic mass is 9.98. The van der Waals surface area contributed by atoms with Gasteiger partial charge in [-0.25, -0.2) is 4.79 Å². The summed E-state index contributed by atoms with van der Waals surface area (Å²) >= 11 is 0. The zero-order valence-corrected chi connectivity index (χ0v) is 12.6. The number of amides is 2. The SMILES string of the molecule is O=C(NCCCOC1CCCCC1)NCc1ccccc1. The van der Waals surface area contributed by atoms with Crippen molar-refractivity contribution in [2.45, 2.75) is 51.2 Å². The second-order valence-corrected chi connectivity index (χ2v) is 5.58. The number of hydrogen-bond donors (Lipinski definition) is 2. The maximum atomic E-state index is 11.6. The fourth-order valence-corrected chi connectivity index (χ4v) is 2.60. The molecule has 1 aromatic rings. The summed E-state index contributed by atoms with van der Waals surface area (Å²) < 4.78 is 5.82. The molecule has 0 heterocycles. The minimum Gasteiger partial charge on any atom is -0.378 e. The van der Waals surface area contributed by atoms with E-state index in [0.29, 0.717) is 19.2 Å². The molecule has 116 valence electrons. The van der Waals surface area contributed by atoms with E-state index in [1.807, 2.05) is 30.3 Å². The third-order valence-corrected chi connectivity index (χ3v) is 3.81. The average Bonchev–Trinajstić information content (AvgIpc) is 2.54. The van der Waals surface area contributed by atoms with Gasteiger partial charge < -0.3 is 15.4 Å². The highest BCUT2D eigenvalue weighted by Gasteiger charge is 2.12. The zero-order valence-electron chi connectivity index (χ0n) is 12.6. The van der Waals surface area contributed by atoms with E-state index in [1.165, 1.54) is 32.1 Å². The van der Waals surface area contributed by atoms with Crippen LogP contribution >= 0.6 is 0 Å². The van der Waals surface area contributed by atoms with Crippen molar-refractivity contribution in [3.05, 3.63) is 35.9 Å². The topological polar surface area (TPSA) is 50.4 Å². The molecule has 1 saturated carbocycles. The molecule has 0 aliphatic heterocycles. The lowest BCUT2D eigenvalue weighted by Gasteiger charge is -2.21. The summed E-state index contributed by atoms with van der Waals surface area (Å²) in [5, 5.41) is 5.71. The summed E-state index contributed by atoms with van der Waals surface area (Å²) in [4.78, 5) is 11.6. The van der Waals surface area contributed by atoms with Gasteiger partial charge in [0.15, 0.2) is 0 Å². The van der Waals surface area contributed by atoms with E-state index in [2.05, 4.69) is 10.6 Å². The summed E-state index contributed by atoms with van der Waals surface area (Å²) in [6, 6.07) is 9.79. The Morgan fingerprint density at radius 1 is 1.10 bits per heavy atom. The van der Waals surface area contributed by atoms with Crippen LogP contribution in [0.5, 0.6) is 0 Å². The fraction of sp³-hybridized carbons (Fsp3) is 0.588. The minimum atomic E-state index is -0.114. The summed E-state index contributed by atoms with van der Waals surface area (Å²) in [7, 11) is 0. The molecule has 2 rings (SSSR count). The molecule has 0 aromatic heterocycles. The Balaban J connectivity index is 1.47. The Bertz CT molecular complexity index is 403. The average molecular weight is 290 g/mol. The Hall–Kier alpha value is -1.55. The van der Waals surface area contributed by atoms with E-state index in [9.17, 15) is 4.79 Å². The molecule has 1 aromatic carbocycles. The molecule has 21 heavy (non-hydrogen) atoms. The number of benzene rings is 1. The minimum absolute atomic E-state index is 0.114. The normalized spacial score (nSPS) is 15.6. The van der Waals surface area contributed by atoms with Gasteiger partial charge >= 0.3 is 6.03 Å². The summed E-state index contributed by atoms with van der Waals surface area (Å²) in [5.41, 5.74) is 1.10. The van der Waals surface area contributed by atoms with Gasteiger partial charge in [-0.3, -0.25) is 0 Å². The Morgan fingerprint density at radius 2 is 1.86 bits per heavy atom. The molecule has 0 unspecified atom stereocenters. The van der Waals surface area contributed by atoms with Gasteiger partial charge in [-0.05, 0) is 24.8 Å². The third kappa shape index (κ3) is 6.63. The van der Waals surface area contributed by atoms with Gasteiger partial charge in [-0.15, -0.1) is 0 Å². The first-order valence-electron chi connectivity index (χ1n) is 8.02. The smallest absolute Gasteiger partial charge is 0.315 e. The number of urea groups is 1. The van der Waals surface area contributed by atoms with E-state index in [1.54, 1.807) is 0 Å². The summed E-state index contributed by atoms with van der Waals surface area (Å²) in [5.74, 6) is 0. The van der Waals surface area contributed by atoms with E-state index < -0.39 is 0 Å². The highest BCUT2D eigenvalue weighted by atomic mass is 16.5. The van der Waals surface area contributed by atoms with Gasteiger partial charge in [0.25, 0.3) is 0 Å². The van der Waals surface area contributed by atoms with Crippen LogP contribution in [-0.2, 0) is 11.3 Å². The van der Waals surface area contributed by atoms with Crippen molar-refractivity contribution >= 4 is 6.03 Å². The van der Waals surface area contributed by atoms with Crippen LogP contribution in [0.4, 0.5) is 4.79 Å². The highest BCUT2D eigenvalue weighted by Crippen LogP contribution is 2.20. The van der Waals surface area contributed by atoms with Gasteiger partial charge in [-0.2, -0.15) is 0 Å². The number of nitrogens with one attached hydrogen (secondary N) is 2. The first-order chi connectivity index (χ1) is 10.3. The number of carbonyl (C=O) groups excluding carboxylic acids is 1. The quantitative estimate of drug-likeness (QED) is 0.758. The van der Waals surface area contributed by atoms with Gasteiger partial charge in [0.2, 0.25) is 0 Å². The zero-order chi connectivity index (χ0) is 14.8. The largest absolute Gasteiger partial charge is 0.378 e. The maximum absolute atomic E-state index is 11.6. The molecule has 4 heteroatoms. The van der Waals surface area contributed by atoms with Gasteiger partial charge in [0, 0.05) is 19.7 Å². The Kier molecular flexibility index (Phi) is 7.08. The third-order valence-electron chi connectivity index (χ3n) is 3.81. The molecule has 0 radical (unpaired) electrons. The lowest BCUT2D eigenvalue weighted by molar-refractivity contribution is 0.0275. The number of carbonyl (C=O) groups is 1. The fourth-order valence-electron chi connectivity index (χ4n) is 2.60. The Morgan fingerprint density at radius 3 is 2.62 bits per heavy atom. The molecule has 4 nitrogen and oxygen atoms in total.